The molecule has 1 atom stereocenters. The first kappa shape index (κ1) is 17.9. The predicted octanol–water partition coefficient (Wildman–Crippen LogP) is 3.01. The lowest BCUT2D eigenvalue weighted by atomic mass is 10.3. The van der Waals surface area contributed by atoms with Crippen LogP contribution in [-0.2, 0) is 11.8 Å². The Morgan fingerprint density at radius 3 is 2.65 bits per heavy atom. The van der Waals surface area contributed by atoms with Gasteiger partial charge in [0.2, 0.25) is 5.91 Å². The number of aromatic nitrogens is 4. The minimum atomic E-state index is -0.332. The Morgan fingerprint density at radius 1 is 1.23 bits per heavy atom. The first-order chi connectivity index (χ1) is 12.6. The molecule has 0 aliphatic rings. The van der Waals surface area contributed by atoms with Crippen LogP contribution in [0.1, 0.15) is 6.92 Å². The maximum atomic E-state index is 12.4. The highest BCUT2D eigenvalue weighted by Crippen LogP contribution is 2.26. The van der Waals surface area contributed by atoms with Crippen molar-refractivity contribution < 1.29 is 9.53 Å². The van der Waals surface area contributed by atoms with Crippen LogP contribution in [0, 0.1) is 0 Å². The molecule has 0 aliphatic heterocycles. The zero-order valence-electron chi connectivity index (χ0n) is 14.7. The molecule has 0 saturated heterocycles. The van der Waals surface area contributed by atoms with Crippen molar-refractivity contribution in [2.24, 2.45) is 7.05 Å². The van der Waals surface area contributed by atoms with E-state index in [0.29, 0.717) is 11.0 Å². The van der Waals surface area contributed by atoms with Crippen LogP contribution in [0.4, 0.5) is 5.69 Å². The predicted molar refractivity (Wildman–Crippen MR) is 101 cm³/mol. The fourth-order valence-corrected chi connectivity index (χ4v) is 3.11. The number of nitrogens with zero attached hydrogens (tertiary/aromatic N) is 4. The van der Waals surface area contributed by atoms with Gasteiger partial charge in [0.15, 0.2) is 11.0 Å². The van der Waals surface area contributed by atoms with Gasteiger partial charge in [-0.3, -0.25) is 9.78 Å². The maximum Gasteiger partial charge on any atom is 0.237 e. The Balaban J connectivity index is 1.66. The molecule has 1 amide bonds. The lowest BCUT2D eigenvalue weighted by Gasteiger charge is -2.12. The number of amides is 1. The van der Waals surface area contributed by atoms with Gasteiger partial charge in [0.1, 0.15) is 5.75 Å². The monoisotopic (exact) mass is 369 g/mol. The number of benzene rings is 1. The van der Waals surface area contributed by atoms with Crippen molar-refractivity contribution in [3.05, 3.63) is 48.8 Å². The van der Waals surface area contributed by atoms with E-state index in [0.717, 1.165) is 17.0 Å². The number of nitrogens with one attached hydrogen (secondary N) is 1. The Kier molecular flexibility index (Phi) is 5.52. The minimum absolute atomic E-state index is 0.105. The van der Waals surface area contributed by atoms with Gasteiger partial charge in [0, 0.05) is 30.7 Å². The van der Waals surface area contributed by atoms with Crippen LogP contribution < -0.4 is 10.1 Å². The SMILES string of the molecule is COc1ccc(NC(=O)[C@H](C)Sc2nnc(-c3cccnc3)n2C)cc1. The van der Waals surface area contributed by atoms with Crippen LogP contribution in [-0.4, -0.2) is 38.0 Å². The molecule has 0 spiro atoms. The number of thioether (sulfide) groups is 1. The number of pyridine rings is 1. The van der Waals surface area contributed by atoms with E-state index in [1.807, 2.05) is 30.7 Å². The van der Waals surface area contributed by atoms with Gasteiger partial charge in [-0.25, -0.2) is 0 Å². The smallest absolute Gasteiger partial charge is 0.237 e. The minimum Gasteiger partial charge on any atom is -0.497 e. The Hall–Kier alpha value is -2.87. The zero-order valence-corrected chi connectivity index (χ0v) is 15.5. The van der Waals surface area contributed by atoms with Crippen LogP contribution in [0.5, 0.6) is 5.75 Å². The molecule has 26 heavy (non-hydrogen) atoms. The Bertz CT molecular complexity index is 880. The molecular formula is C18H19N5O2S. The van der Waals surface area contributed by atoms with E-state index in [4.69, 9.17) is 4.74 Å². The fraction of sp³-hybridized carbons (Fsp3) is 0.222. The molecule has 8 heteroatoms. The van der Waals surface area contributed by atoms with Crippen molar-refractivity contribution in [2.75, 3.05) is 12.4 Å². The fourth-order valence-electron chi connectivity index (χ4n) is 2.29. The molecular weight excluding hydrogens is 350 g/mol. The summed E-state index contributed by atoms with van der Waals surface area (Å²) < 4.78 is 6.97. The molecule has 134 valence electrons. The van der Waals surface area contributed by atoms with Crippen molar-refractivity contribution in [2.45, 2.75) is 17.3 Å². The third kappa shape index (κ3) is 4.02. The molecule has 0 bridgehead atoms. The van der Waals surface area contributed by atoms with E-state index in [9.17, 15) is 4.79 Å². The number of carbonyl (C=O) groups is 1. The largest absolute Gasteiger partial charge is 0.497 e. The first-order valence-electron chi connectivity index (χ1n) is 8.00. The van der Waals surface area contributed by atoms with Crippen molar-refractivity contribution >= 4 is 23.4 Å². The Morgan fingerprint density at radius 2 is 2.00 bits per heavy atom. The van der Waals surface area contributed by atoms with E-state index < -0.39 is 0 Å². The zero-order chi connectivity index (χ0) is 18.5. The highest BCUT2D eigenvalue weighted by Gasteiger charge is 2.19. The molecule has 1 aromatic carbocycles. The first-order valence-corrected chi connectivity index (χ1v) is 8.88. The highest BCUT2D eigenvalue weighted by atomic mass is 32.2. The molecule has 0 saturated carbocycles. The molecule has 0 fully saturated rings. The molecule has 0 aliphatic carbocycles. The number of hydrogen-bond donors (Lipinski definition) is 1. The average Bonchev–Trinajstić information content (AvgIpc) is 3.03. The molecule has 7 nitrogen and oxygen atoms in total. The topological polar surface area (TPSA) is 81.9 Å². The molecule has 2 heterocycles. The van der Waals surface area contributed by atoms with Gasteiger partial charge in [-0.05, 0) is 43.3 Å². The van der Waals surface area contributed by atoms with Crippen molar-refractivity contribution in [1.29, 1.82) is 0 Å². The van der Waals surface area contributed by atoms with Crippen LogP contribution in [0.25, 0.3) is 11.4 Å². The Labute approximate surface area is 155 Å². The van der Waals surface area contributed by atoms with E-state index >= 15 is 0 Å². The van der Waals surface area contributed by atoms with Gasteiger partial charge in [0.05, 0.1) is 12.4 Å². The highest BCUT2D eigenvalue weighted by molar-refractivity contribution is 8.00. The standard InChI is InChI=1S/C18H19N5O2S/c1-12(17(24)20-14-6-8-15(25-3)9-7-14)26-18-22-21-16(23(18)2)13-5-4-10-19-11-13/h4-12H,1-3H3,(H,20,24)/t12-/m0/s1. The lowest BCUT2D eigenvalue weighted by molar-refractivity contribution is -0.115. The summed E-state index contributed by atoms with van der Waals surface area (Å²) in [5.74, 6) is 1.35. The molecule has 3 aromatic rings. The van der Waals surface area contributed by atoms with Gasteiger partial charge in [0.25, 0.3) is 0 Å². The summed E-state index contributed by atoms with van der Waals surface area (Å²) in [7, 11) is 3.48. The van der Waals surface area contributed by atoms with Crippen LogP contribution in [0.15, 0.2) is 53.9 Å². The van der Waals surface area contributed by atoms with Crippen molar-refractivity contribution in [1.82, 2.24) is 19.7 Å². The summed E-state index contributed by atoms with van der Waals surface area (Å²) in [6.07, 6.45) is 3.44. The average molecular weight is 369 g/mol. The van der Waals surface area contributed by atoms with Gasteiger partial charge >= 0.3 is 0 Å². The second-order valence-corrected chi connectivity index (χ2v) is 6.89. The third-order valence-electron chi connectivity index (χ3n) is 3.76. The summed E-state index contributed by atoms with van der Waals surface area (Å²) in [6, 6.07) is 11.0. The van der Waals surface area contributed by atoms with Crippen LogP contribution >= 0.6 is 11.8 Å². The lowest BCUT2D eigenvalue weighted by Crippen LogP contribution is -2.22. The van der Waals surface area contributed by atoms with E-state index in [1.165, 1.54) is 11.8 Å². The van der Waals surface area contributed by atoms with Gasteiger partial charge in [-0.1, -0.05) is 11.8 Å². The molecule has 3 rings (SSSR count). The number of rotatable bonds is 6. The summed E-state index contributed by atoms with van der Waals surface area (Å²) in [6.45, 7) is 1.84. The van der Waals surface area contributed by atoms with Gasteiger partial charge in [-0.2, -0.15) is 0 Å². The second kappa shape index (κ2) is 8.01. The third-order valence-corrected chi connectivity index (χ3v) is 4.90. The van der Waals surface area contributed by atoms with Crippen LogP contribution in [0.2, 0.25) is 0 Å². The van der Waals surface area contributed by atoms with E-state index in [1.54, 1.807) is 43.8 Å². The van der Waals surface area contributed by atoms with Crippen molar-refractivity contribution in [3.63, 3.8) is 0 Å². The van der Waals surface area contributed by atoms with Crippen molar-refractivity contribution in [3.8, 4) is 17.1 Å². The molecule has 0 radical (unpaired) electrons. The van der Waals surface area contributed by atoms with Gasteiger partial charge < -0.3 is 14.6 Å². The summed E-state index contributed by atoms with van der Waals surface area (Å²) in [5, 5.41) is 11.6. The number of carbonyl (C=O) groups excluding carboxylic acids is 1. The summed E-state index contributed by atoms with van der Waals surface area (Å²) in [4.78, 5) is 16.5. The number of anilines is 1. The number of hydrogen-bond acceptors (Lipinski definition) is 6. The van der Waals surface area contributed by atoms with Crippen LogP contribution in [0.3, 0.4) is 0 Å². The molecule has 2 aromatic heterocycles. The molecule has 0 unspecified atom stereocenters. The summed E-state index contributed by atoms with van der Waals surface area (Å²) in [5.41, 5.74) is 1.60. The summed E-state index contributed by atoms with van der Waals surface area (Å²) >= 11 is 1.35. The maximum absolute atomic E-state index is 12.4. The molecule has 1 N–H and O–H groups in total. The number of ether oxygens (including phenoxy) is 1. The van der Waals surface area contributed by atoms with E-state index in [-0.39, 0.29) is 11.2 Å². The normalized spacial score (nSPS) is 11.8. The second-order valence-electron chi connectivity index (χ2n) is 5.58. The van der Waals surface area contributed by atoms with Gasteiger partial charge in [-0.15, -0.1) is 10.2 Å². The van der Waals surface area contributed by atoms with E-state index in [2.05, 4.69) is 20.5 Å². The number of methoxy groups -OCH3 is 1. The quantitative estimate of drug-likeness (QED) is 0.673.